The second-order valence-corrected chi connectivity index (χ2v) is 7.76. The molecule has 21 heavy (non-hydrogen) atoms. The first-order chi connectivity index (χ1) is 9.74. The Balaban J connectivity index is 2.02. The zero-order chi connectivity index (χ0) is 15.3. The van der Waals surface area contributed by atoms with Crippen LogP contribution in [0.15, 0.2) is 34.4 Å². The summed E-state index contributed by atoms with van der Waals surface area (Å²) in [7, 11) is 0. The van der Waals surface area contributed by atoms with E-state index < -0.39 is 11.7 Å². The number of hydrogen-bond acceptors (Lipinski definition) is 4. The Bertz CT molecular complexity index is 744. The van der Waals surface area contributed by atoms with Gasteiger partial charge in [-0.3, -0.25) is 4.57 Å². The summed E-state index contributed by atoms with van der Waals surface area (Å²) in [5.74, 6) is 0. The predicted molar refractivity (Wildman–Crippen MR) is 76.7 cm³/mol. The Labute approximate surface area is 127 Å². The minimum atomic E-state index is -4.35. The molecule has 3 nitrogen and oxygen atoms in total. The molecule has 0 unspecified atom stereocenters. The van der Waals surface area contributed by atoms with Crippen molar-refractivity contribution in [1.29, 1.82) is 0 Å². The van der Waals surface area contributed by atoms with E-state index in [1.807, 2.05) is 4.57 Å². The summed E-state index contributed by atoms with van der Waals surface area (Å²) in [6.45, 7) is 4.96. The third kappa shape index (κ3) is 3.01. The standard InChI is InChI=1S/C13H12F3N3S2/c1-12(2)7-19-10(21-18-11(19)20-12)17-9-5-3-4-8(6-9)13(14,15)16/h3-6H,7H2,1-2H3. The summed E-state index contributed by atoms with van der Waals surface area (Å²) >= 11 is 2.86. The second-order valence-electron chi connectivity index (χ2n) is 5.36. The highest BCUT2D eigenvalue weighted by Gasteiger charge is 2.32. The molecule has 0 saturated carbocycles. The molecule has 0 N–H and O–H groups in total. The van der Waals surface area contributed by atoms with Crippen LogP contribution in [0.25, 0.3) is 0 Å². The Kier molecular flexibility index (Phi) is 3.40. The number of rotatable bonds is 1. The Morgan fingerprint density at radius 3 is 2.81 bits per heavy atom. The first-order valence-electron chi connectivity index (χ1n) is 6.22. The molecule has 1 aromatic heterocycles. The molecule has 2 heterocycles. The minimum absolute atomic E-state index is 0.0361. The molecule has 0 amide bonds. The van der Waals surface area contributed by atoms with E-state index in [0.29, 0.717) is 10.5 Å². The predicted octanol–water partition coefficient (Wildman–Crippen LogP) is 4.08. The van der Waals surface area contributed by atoms with E-state index in [1.54, 1.807) is 17.8 Å². The molecule has 2 aromatic rings. The molecular weight excluding hydrogens is 319 g/mol. The smallest absolute Gasteiger partial charge is 0.293 e. The van der Waals surface area contributed by atoms with Crippen LogP contribution >= 0.6 is 23.3 Å². The van der Waals surface area contributed by atoms with E-state index >= 15 is 0 Å². The minimum Gasteiger partial charge on any atom is -0.293 e. The van der Waals surface area contributed by atoms with Crippen molar-refractivity contribution in [2.24, 2.45) is 4.99 Å². The maximum absolute atomic E-state index is 12.7. The number of halogens is 3. The van der Waals surface area contributed by atoms with E-state index in [1.165, 1.54) is 17.6 Å². The average Bonchev–Trinajstić information content (AvgIpc) is 2.86. The van der Waals surface area contributed by atoms with Gasteiger partial charge in [-0.05, 0) is 32.0 Å². The lowest BCUT2D eigenvalue weighted by molar-refractivity contribution is -0.137. The number of alkyl halides is 3. The van der Waals surface area contributed by atoms with Crippen molar-refractivity contribution in [3.05, 3.63) is 34.6 Å². The van der Waals surface area contributed by atoms with Gasteiger partial charge in [-0.25, -0.2) is 4.99 Å². The normalized spacial score (nSPS) is 18.0. The van der Waals surface area contributed by atoms with Crippen LogP contribution in [0.1, 0.15) is 19.4 Å². The molecule has 0 spiro atoms. The van der Waals surface area contributed by atoms with E-state index in [-0.39, 0.29) is 4.75 Å². The first-order valence-corrected chi connectivity index (χ1v) is 7.81. The van der Waals surface area contributed by atoms with E-state index in [9.17, 15) is 13.2 Å². The van der Waals surface area contributed by atoms with Crippen LogP contribution in [0.5, 0.6) is 0 Å². The lowest BCUT2D eigenvalue weighted by atomic mass is 10.2. The first kappa shape index (κ1) is 14.6. The van der Waals surface area contributed by atoms with Gasteiger partial charge in [-0.1, -0.05) is 17.8 Å². The lowest BCUT2D eigenvalue weighted by Gasteiger charge is -2.12. The van der Waals surface area contributed by atoms with Gasteiger partial charge in [0.05, 0.1) is 11.3 Å². The molecule has 0 atom stereocenters. The van der Waals surface area contributed by atoms with E-state index in [4.69, 9.17) is 0 Å². The van der Waals surface area contributed by atoms with Crippen LogP contribution in [0.2, 0.25) is 0 Å². The van der Waals surface area contributed by atoms with Crippen LogP contribution in [0.4, 0.5) is 18.9 Å². The largest absolute Gasteiger partial charge is 0.416 e. The van der Waals surface area contributed by atoms with Crippen molar-refractivity contribution in [3.8, 4) is 0 Å². The molecule has 0 fully saturated rings. The summed E-state index contributed by atoms with van der Waals surface area (Å²) in [5, 5.41) is 0.871. The molecule has 0 bridgehead atoms. The van der Waals surface area contributed by atoms with Crippen molar-refractivity contribution >= 4 is 29.0 Å². The molecule has 1 aliphatic rings. The molecule has 112 valence electrons. The van der Waals surface area contributed by atoms with Crippen LogP contribution in [0.3, 0.4) is 0 Å². The average molecular weight is 331 g/mol. The monoisotopic (exact) mass is 331 g/mol. The highest BCUT2D eigenvalue weighted by atomic mass is 32.2. The SMILES string of the molecule is CC1(C)Cn2c(nsc2=Nc2cccc(C(F)(F)F)c2)S1. The third-order valence-electron chi connectivity index (χ3n) is 2.97. The second kappa shape index (κ2) is 4.88. The van der Waals surface area contributed by atoms with Gasteiger partial charge in [0.1, 0.15) is 0 Å². The van der Waals surface area contributed by atoms with Gasteiger partial charge in [-0.15, -0.1) is 0 Å². The summed E-state index contributed by atoms with van der Waals surface area (Å²) in [5.41, 5.74) is -0.400. The number of fused-ring (bicyclic) bond motifs is 1. The van der Waals surface area contributed by atoms with Crippen molar-refractivity contribution in [2.45, 2.75) is 36.5 Å². The van der Waals surface area contributed by atoms with E-state index in [0.717, 1.165) is 23.8 Å². The molecular formula is C13H12F3N3S2. The van der Waals surface area contributed by atoms with Gasteiger partial charge in [0, 0.05) is 22.8 Å². The van der Waals surface area contributed by atoms with Crippen LogP contribution in [-0.2, 0) is 12.7 Å². The molecule has 1 aliphatic heterocycles. The van der Waals surface area contributed by atoms with Gasteiger partial charge in [0.2, 0.25) is 4.80 Å². The summed E-state index contributed by atoms with van der Waals surface area (Å²) in [4.78, 5) is 4.95. The quantitative estimate of drug-likeness (QED) is 0.788. The van der Waals surface area contributed by atoms with Gasteiger partial charge < -0.3 is 0 Å². The number of benzene rings is 1. The lowest BCUT2D eigenvalue weighted by Crippen LogP contribution is -2.21. The molecule has 0 aliphatic carbocycles. The van der Waals surface area contributed by atoms with Crippen LogP contribution in [0, 0.1) is 0 Å². The molecule has 0 radical (unpaired) electrons. The van der Waals surface area contributed by atoms with Crippen LogP contribution in [-0.4, -0.2) is 13.7 Å². The number of thioether (sulfide) groups is 1. The fraction of sp³-hybridized carbons (Fsp3) is 0.385. The van der Waals surface area contributed by atoms with Crippen molar-refractivity contribution < 1.29 is 13.2 Å². The van der Waals surface area contributed by atoms with Gasteiger partial charge in [0.15, 0.2) is 5.16 Å². The zero-order valence-corrected chi connectivity index (χ0v) is 12.9. The maximum Gasteiger partial charge on any atom is 0.416 e. The summed E-state index contributed by atoms with van der Waals surface area (Å²) in [6, 6.07) is 5.03. The molecule has 0 saturated heterocycles. The summed E-state index contributed by atoms with van der Waals surface area (Å²) in [6.07, 6.45) is -4.35. The zero-order valence-electron chi connectivity index (χ0n) is 11.3. The fourth-order valence-corrected chi connectivity index (χ4v) is 3.99. The molecule has 3 rings (SSSR count). The summed E-state index contributed by atoms with van der Waals surface area (Å²) < 4.78 is 44.4. The van der Waals surface area contributed by atoms with Gasteiger partial charge >= 0.3 is 6.18 Å². The highest BCUT2D eigenvalue weighted by Crippen LogP contribution is 2.38. The van der Waals surface area contributed by atoms with Crippen molar-refractivity contribution in [3.63, 3.8) is 0 Å². The number of aromatic nitrogens is 2. The Morgan fingerprint density at radius 2 is 2.10 bits per heavy atom. The topological polar surface area (TPSA) is 30.2 Å². The maximum atomic E-state index is 12.7. The van der Waals surface area contributed by atoms with Crippen LogP contribution < -0.4 is 4.80 Å². The van der Waals surface area contributed by atoms with Crippen molar-refractivity contribution in [1.82, 2.24) is 8.94 Å². The number of hydrogen-bond donors (Lipinski definition) is 0. The molecule has 1 aromatic carbocycles. The third-order valence-corrected chi connectivity index (χ3v) is 5.00. The van der Waals surface area contributed by atoms with Gasteiger partial charge in [0.25, 0.3) is 0 Å². The Morgan fingerprint density at radius 1 is 1.33 bits per heavy atom. The molecule has 8 heteroatoms. The Hall–Kier alpha value is -1.28. The van der Waals surface area contributed by atoms with Crippen molar-refractivity contribution in [2.75, 3.05) is 0 Å². The van der Waals surface area contributed by atoms with E-state index in [2.05, 4.69) is 23.2 Å². The fourth-order valence-electron chi connectivity index (χ4n) is 2.07. The number of nitrogens with zero attached hydrogens (tertiary/aromatic N) is 3. The highest BCUT2D eigenvalue weighted by molar-refractivity contribution is 8.00. The van der Waals surface area contributed by atoms with Gasteiger partial charge in [-0.2, -0.15) is 17.5 Å².